The number of Topliss-reactive ketones (excluding diaryl/α,β-unsaturated/α-hetero) is 1. The molecule has 1 nitrogen and oxygen atoms in total. The van der Waals surface area contributed by atoms with Crippen molar-refractivity contribution in [1.29, 1.82) is 0 Å². The van der Waals surface area contributed by atoms with E-state index in [0.717, 1.165) is 22.9 Å². The van der Waals surface area contributed by atoms with Crippen LogP contribution in [0.2, 0.25) is 0 Å². The largest absolute Gasteiger partial charge is 0.299 e. The molecule has 0 radical (unpaired) electrons. The second kappa shape index (κ2) is 10.1. The van der Waals surface area contributed by atoms with Gasteiger partial charge in [-0.3, -0.25) is 4.79 Å². The minimum atomic E-state index is -0.285. The molecule has 0 heterocycles. The molecular weight excluding hydrogens is 319 g/mol. The van der Waals surface area contributed by atoms with E-state index in [4.69, 9.17) is 0 Å². The first-order chi connectivity index (χ1) is 9.63. The Balaban J connectivity index is 2.19. The molecule has 0 amide bonds. The Hall–Kier alpha value is -0.700. The molecule has 0 N–H and O–H groups in total. The Morgan fingerprint density at radius 1 is 1.10 bits per heavy atom. The lowest BCUT2D eigenvalue weighted by Crippen LogP contribution is -2.03. The van der Waals surface area contributed by atoms with Crippen LogP contribution in [0, 0.1) is 5.82 Å². The van der Waals surface area contributed by atoms with Gasteiger partial charge in [-0.25, -0.2) is 4.39 Å². The van der Waals surface area contributed by atoms with Crippen LogP contribution in [0.4, 0.5) is 4.39 Å². The van der Waals surface area contributed by atoms with E-state index < -0.39 is 0 Å². The van der Waals surface area contributed by atoms with Crippen molar-refractivity contribution in [2.45, 2.75) is 64.7 Å². The summed E-state index contributed by atoms with van der Waals surface area (Å²) in [5.41, 5.74) is 0.748. The lowest BCUT2D eigenvalue weighted by atomic mass is 10.0. The van der Waals surface area contributed by atoms with Gasteiger partial charge in [0.1, 0.15) is 11.6 Å². The lowest BCUT2D eigenvalue weighted by molar-refractivity contribution is -0.118. The summed E-state index contributed by atoms with van der Waals surface area (Å²) in [5, 5.41) is 0. The molecule has 1 aromatic carbocycles. The molecule has 0 unspecified atom stereocenters. The SMILES string of the molecule is CCCCCCCCCC(=O)Cc1cc(F)ccc1Br. The molecule has 0 saturated heterocycles. The first kappa shape index (κ1) is 17.4. The van der Waals surface area contributed by atoms with E-state index in [1.54, 1.807) is 6.07 Å². The molecule has 112 valence electrons. The van der Waals surface area contributed by atoms with E-state index in [9.17, 15) is 9.18 Å². The van der Waals surface area contributed by atoms with Crippen molar-refractivity contribution in [3.63, 3.8) is 0 Å². The van der Waals surface area contributed by atoms with Gasteiger partial charge in [0.05, 0.1) is 0 Å². The average Bonchev–Trinajstić information content (AvgIpc) is 2.42. The van der Waals surface area contributed by atoms with E-state index in [1.165, 1.54) is 44.2 Å². The molecule has 0 bridgehead atoms. The quantitative estimate of drug-likeness (QED) is 0.488. The van der Waals surface area contributed by atoms with Gasteiger partial charge in [0.25, 0.3) is 0 Å². The minimum Gasteiger partial charge on any atom is -0.299 e. The molecule has 0 fully saturated rings. The number of carbonyl (C=O) groups is 1. The van der Waals surface area contributed by atoms with E-state index in [-0.39, 0.29) is 11.6 Å². The minimum absolute atomic E-state index is 0.199. The van der Waals surface area contributed by atoms with Gasteiger partial charge in [-0.15, -0.1) is 0 Å². The molecule has 20 heavy (non-hydrogen) atoms. The van der Waals surface area contributed by atoms with Crippen LogP contribution in [-0.2, 0) is 11.2 Å². The fourth-order valence-electron chi connectivity index (χ4n) is 2.26. The van der Waals surface area contributed by atoms with Gasteiger partial charge >= 0.3 is 0 Å². The third-order valence-corrected chi connectivity index (χ3v) is 4.23. The highest BCUT2D eigenvalue weighted by Crippen LogP contribution is 2.19. The smallest absolute Gasteiger partial charge is 0.137 e. The van der Waals surface area contributed by atoms with Gasteiger partial charge in [0.15, 0.2) is 0 Å². The van der Waals surface area contributed by atoms with Crippen LogP contribution < -0.4 is 0 Å². The topological polar surface area (TPSA) is 17.1 Å². The lowest BCUT2D eigenvalue weighted by Gasteiger charge is -2.05. The summed E-state index contributed by atoms with van der Waals surface area (Å²) in [7, 11) is 0. The maximum Gasteiger partial charge on any atom is 0.137 e. The molecule has 0 spiro atoms. The van der Waals surface area contributed by atoms with Gasteiger partial charge in [-0.05, 0) is 30.2 Å². The van der Waals surface area contributed by atoms with E-state index >= 15 is 0 Å². The number of hydrogen-bond donors (Lipinski definition) is 0. The third-order valence-electron chi connectivity index (χ3n) is 3.45. The van der Waals surface area contributed by atoms with Crippen LogP contribution in [0.15, 0.2) is 22.7 Å². The highest BCUT2D eigenvalue weighted by atomic mass is 79.9. The van der Waals surface area contributed by atoms with Crippen molar-refractivity contribution in [2.24, 2.45) is 0 Å². The second-order valence-corrected chi connectivity index (χ2v) is 6.18. The molecule has 1 rings (SSSR count). The predicted molar refractivity (Wildman–Crippen MR) is 85.4 cm³/mol. The van der Waals surface area contributed by atoms with Crippen molar-refractivity contribution >= 4 is 21.7 Å². The van der Waals surface area contributed by atoms with Crippen LogP contribution in [0.25, 0.3) is 0 Å². The van der Waals surface area contributed by atoms with Crippen molar-refractivity contribution in [3.05, 3.63) is 34.1 Å². The first-order valence-corrected chi connectivity index (χ1v) is 8.38. The predicted octanol–water partition coefficient (Wildman–Crippen LogP) is 5.84. The number of benzene rings is 1. The molecule has 0 aromatic heterocycles. The first-order valence-electron chi connectivity index (χ1n) is 7.59. The van der Waals surface area contributed by atoms with Gasteiger partial charge in [0.2, 0.25) is 0 Å². The number of ketones is 1. The summed E-state index contributed by atoms with van der Waals surface area (Å²) < 4.78 is 13.9. The highest BCUT2D eigenvalue weighted by molar-refractivity contribution is 9.10. The number of hydrogen-bond acceptors (Lipinski definition) is 1. The van der Waals surface area contributed by atoms with Gasteiger partial charge in [-0.2, -0.15) is 0 Å². The Morgan fingerprint density at radius 2 is 1.75 bits per heavy atom. The fraction of sp³-hybridized carbons (Fsp3) is 0.588. The van der Waals surface area contributed by atoms with E-state index in [2.05, 4.69) is 22.9 Å². The summed E-state index contributed by atoms with van der Waals surface area (Å²) in [4.78, 5) is 11.9. The zero-order chi connectivity index (χ0) is 14.8. The summed E-state index contributed by atoms with van der Waals surface area (Å²) in [6.07, 6.45) is 9.39. The summed E-state index contributed by atoms with van der Waals surface area (Å²) in [5.74, 6) is -0.0863. The summed E-state index contributed by atoms with van der Waals surface area (Å²) >= 11 is 3.36. The maximum absolute atomic E-state index is 13.1. The van der Waals surface area contributed by atoms with Crippen LogP contribution in [-0.4, -0.2) is 5.78 Å². The monoisotopic (exact) mass is 342 g/mol. The van der Waals surface area contributed by atoms with Gasteiger partial charge in [-0.1, -0.05) is 61.4 Å². The molecule has 0 aliphatic rings. The summed E-state index contributed by atoms with van der Waals surface area (Å²) in [6.45, 7) is 2.21. The number of unbranched alkanes of at least 4 members (excludes halogenated alkanes) is 6. The third kappa shape index (κ3) is 7.18. The van der Waals surface area contributed by atoms with Crippen molar-refractivity contribution in [2.75, 3.05) is 0 Å². The molecule has 0 aliphatic carbocycles. The van der Waals surface area contributed by atoms with Crippen LogP contribution in [0.5, 0.6) is 0 Å². The molecule has 0 aliphatic heterocycles. The molecule has 1 aromatic rings. The Bertz CT molecular complexity index is 417. The van der Waals surface area contributed by atoms with Crippen LogP contribution >= 0.6 is 15.9 Å². The van der Waals surface area contributed by atoms with Crippen molar-refractivity contribution < 1.29 is 9.18 Å². The van der Waals surface area contributed by atoms with Gasteiger partial charge < -0.3 is 0 Å². The number of carbonyl (C=O) groups excluding carboxylic acids is 1. The molecule has 0 atom stereocenters. The van der Waals surface area contributed by atoms with Crippen molar-refractivity contribution in [1.82, 2.24) is 0 Å². The van der Waals surface area contributed by atoms with E-state index in [1.807, 2.05) is 0 Å². The van der Waals surface area contributed by atoms with Crippen LogP contribution in [0.1, 0.15) is 63.9 Å². The average molecular weight is 343 g/mol. The molecular formula is C17H24BrFO. The van der Waals surface area contributed by atoms with Crippen molar-refractivity contribution in [3.8, 4) is 0 Å². The van der Waals surface area contributed by atoms with Gasteiger partial charge in [0, 0.05) is 17.3 Å². The zero-order valence-electron chi connectivity index (χ0n) is 12.3. The molecule has 0 saturated carbocycles. The maximum atomic E-state index is 13.1. The Kier molecular flexibility index (Phi) is 8.75. The Labute approximate surface area is 130 Å². The fourth-order valence-corrected chi connectivity index (χ4v) is 2.65. The zero-order valence-corrected chi connectivity index (χ0v) is 13.8. The number of halogens is 2. The van der Waals surface area contributed by atoms with Crippen LogP contribution in [0.3, 0.4) is 0 Å². The number of rotatable bonds is 10. The summed E-state index contributed by atoms with van der Waals surface area (Å²) in [6, 6.07) is 4.49. The normalized spacial score (nSPS) is 10.8. The van der Waals surface area contributed by atoms with E-state index in [0.29, 0.717) is 12.8 Å². The molecule has 3 heteroatoms. The second-order valence-electron chi connectivity index (χ2n) is 5.32. The highest BCUT2D eigenvalue weighted by Gasteiger charge is 2.08. The standard InChI is InChI=1S/C17H24BrFO/c1-2-3-4-5-6-7-8-9-16(20)13-14-12-15(19)10-11-17(14)18/h10-12H,2-9,13H2,1H3. The Morgan fingerprint density at radius 3 is 2.45 bits per heavy atom.